The summed E-state index contributed by atoms with van der Waals surface area (Å²) in [7, 11) is 0. The number of amides is 1. The molecule has 0 aromatic heterocycles. The first-order valence-corrected chi connectivity index (χ1v) is 14.2. The monoisotopic (exact) mass is 627 g/mol. The van der Waals surface area contributed by atoms with Gasteiger partial charge in [-0.3, -0.25) is 30.3 Å². The number of carbonyl (C=O) groups is 5. The van der Waals surface area contributed by atoms with Crippen LogP contribution in [0.1, 0.15) is 79.1 Å². The maximum atomic E-state index is 12.0. The smallest absolute Gasteiger partial charge is 0.870 e. The van der Waals surface area contributed by atoms with E-state index in [0.29, 0.717) is 45.2 Å². The van der Waals surface area contributed by atoms with E-state index in [4.69, 9.17) is 14.2 Å². The van der Waals surface area contributed by atoms with Crippen LogP contribution in [-0.4, -0.2) is 99.1 Å². The van der Waals surface area contributed by atoms with Gasteiger partial charge in [-0.15, -0.1) is 0 Å². The van der Waals surface area contributed by atoms with Gasteiger partial charge in [0.2, 0.25) is 5.91 Å². The molecule has 2 N–H and O–H groups in total. The number of esters is 4. The van der Waals surface area contributed by atoms with Crippen molar-refractivity contribution in [1.29, 1.82) is 0 Å². The molecule has 14 heteroatoms. The van der Waals surface area contributed by atoms with E-state index in [9.17, 15) is 28.8 Å². The predicted molar refractivity (Wildman–Crippen MR) is 148 cm³/mol. The van der Waals surface area contributed by atoms with Gasteiger partial charge in [0.15, 0.2) is 0 Å². The first kappa shape index (κ1) is 45.0. The average Bonchev–Trinajstić information content (AvgIpc) is 3.82. The minimum atomic E-state index is -0.519. The zero-order chi connectivity index (χ0) is 30.2. The molecule has 1 amide bonds. The molecule has 0 bridgehead atoms. The Morgan fingerprint density at radius 1 is 0.738 bits per heavy atom. The first-order valence-electron chi connectivity index (χ1n) is 14.2. The molecule has 0 aromatic rings. The maximum Gasteiger partial charge on any atom is 1.00 e. The second kappa shape index (κ2) is 29.6. The van der Waals surface area contributed by atoms with Crippen LogP contribution in [0, 0.1) is 11.8 Å². The van der Waals surface area contributed by atoms with Crippen LogP contribution in [0.2, 0.25) is 0 Å². The zero-order valence-electron chi connectivity index (χ0n) is 25.9. The Hall–Kier alpha value is -1.42. The number of carbonyl (C=O) groups excluding carboxylic acids is 6. The summed E-state index contributed by atoms with van der Waals surface area (Å²) in [5.41, 5.74) is 0. The Labute approximate surface area is 292 Å². The third-order valence-corrected chi connectivity index (χ3v) is 5.48. The van der Waals surface area contributed by atoms with E-state index >= 15 is 0 Å². The molecule has 0 aromatic carbocycles. The Morgan fingerprint density at radius 2 is 1.21 bits per heavy atom. The predicted octanol–water partition coefficient (Wildman–Crippen LogP) is -1.05. The topological polar surface area (TPSA) is 185 Å². The second-order valence-electron chi connectivity index (χ2n) is 9.15. The van der Waals surface area contributed by atoms with Gasteiger partial charge in [0, 0.05) is 19.6 Å². The molecule has 2 aliphatic carbocycles. The van der Waals surface area contributed by atoms with Crippen molar-refractivity contribution in [2.45, 2.75) is 79.1 Å². The summed E-state index contributed by atoms with van der Waals surface area (Å²) in [6.45, 7) is 11.1. The summed E-state index contributed by atoms with van der Waals surface area (Å²) in [6.07, 6.45) is 6.48. The largest absolute Gasteiger partial charge is 1.00 e. The molecule has 0 spiro atoms. The average molecular weight is 628 g/mol. The molecule has 2 aliphatic rings. The molecule has 2 fully saturated rings. The van der Waals surface area contributed by atoms with Crippen molar-refractivity contribution in [3.63, 3.8) is 0 Å². The summed E-state index contributed by atoms with van der Waals surface area (Å²) in [5.74, 6) is -0.342. The molecular weight excluding hydrogens is 579 g/mol. The van der Waals surface area contributed by atoms with Gasteiger partial charge in [0.05, 0.1) is 39.3 Å². The molecule has 0 heterocycles. The fourth-order valence-corrected chi connectivity index (χ4v) is 3.16. The molecule has 0 aliphatic heterocycles. The number of hydrogen-bond donors (Lipinski definition) is 1. The van der Waals surface area contributed by atoms with E-state index in [1.165, 1.54) is 19.1 Å². The Morgan fingerprint density at radius 3 is 1.69 bits per heavy atom. The summed E-state index contributed by atoms with van der Waals surface area (Å²) in [5, 5.41) is 3.24. The van der Waals surface area contributed by atoms with Crippen molar-refractivity contribution in [2.75, 3.05) is 52.6 Å². The van der Waals surface area contributed by atoms with Crippen molar-refractivity contribution in [2.24, 2.45) is 11.8 Å². The number of rotatable bonds is 18. The molecule has 13 nitrogen and oxygen atoms in total. The van der Waals surface area contributed by atoms with Crippen LogP contribution in [0.5, 0.6) is 0 Å². The summed E-state index contributed by atoms with van der Waals surface area (Å²) in [6, 6.07) is 0. The van der Waals surface area contributed by atoms with E-state index in [1.54, 1.807) is 25.7 Å². The van der Waals surface area contributed by atoms with Gasteiger partial charge in [-0.2, -0.15) is 0 Å². The van der Waals surface area contributed by atoms with Crippen LogP contribution in [0.25, 0.3) is 0 Å². The summed E-state index contributed by atoms with van der Waals surface area (Å²) >= 11 is 0. The fraction of sp³-hybridized carbons (Fsp3) is 0.786. The van der Waals surface area contributed by atoms with Crippen LogP contribution >= 0.6 is 0 Å². The fourth-order valence-electron chi connectivity index (χ4n) is 3.16. The molecular formula is C28H48KN2O11-. The normalized spacial score (nSPS) is 12.7. The molecule has 2 rings (SSSR count). The Balaban J connectivity index is -0.000000591. The number of hydrogen-bond acceptors (Lipinski definition) is 12. The third-order valence-electron chi connectivity index (χ3n) is 5.48. The molecule has 238 valence electrons. The standard InChI is InChI=1S/C14H23NO5.C9H17NO2.C5H7O3.K.H2O/c1-3-19-13(17)7-8-15(10-11-5-6-11)12(16)9-14(18)20-4-2;1-2-12-9(11)5-6-10-7-8-3-4-8;1-2-8-5(7)3-4-6;;/h11H,3-10H2,1-2H3;8,10H,2-7H2,1H3;2-3H2,1H3;;1H2/q;;-1;+1;/p-1. The van der Waals surface area contributed by atoms with Crippen LogP contribution in [-0.2, 0) is 47.7 Å². The number of nitrogens with one attached hydrogen (secondary N) is 1. The zero-order valence-corrected chi connectivity index (χ0v) is 29.1. The SMILES string of the molecule is CCOC(=O)CCN(CC1CC1)C(=O)CC(=O)OCC.CCOC(=O)CCNCC1CC1.CCOC(=O)C[C-]=O.[K+].[OH-]. The van der Waals surface area contributed by atoms with Crippen molar-refractivity contribution in [3.05, 3.63) is 0 Å². The van der Waals surface area contributed by atoms with Gasteiger partial charge in [0.25, 0.3) is 5.97 Å². The van der Waals surface area contributed by atoms with Crippen molar-refractivity contribution >= 4 is 36.1 Å². The van der Waals surface area contributed by atoms with Gasteiger partial charge >= 0.3 is 69.3 Å². The minimum absolute atomic E-state index is 0. The van der Waals surface area contributed by atoms with Gasteiger partial charge < -0.3 is 39.4 Å². The van der Waals surface area contributed by atoms with Gasteiger partial charge in [0.1, 0.15) is 6.42 Å². The van der Waals surface area contributed by atoms with E-state index < -0.39 is 11.9 Å². The minimum Gasteiger partial charge on any atom is -0.870 e. The molecule has 0 unspecified atom stereocenters. The molecule has 42 heavy (non-hydrogen) atoms. The van der Waals surface area contributed by atoms with E-state index in [-0.39, 0.29) is 101 Å². The first-order chi connectivity index (χ1) is 19.2. The second-order valence-corrected chi connectivity index (χ2v) is 9.15. The van der Waals surface area contributed by atoms with Crippen LogP contribution in [0.3, 0.4) is 0 Å². The summed E-state index contributed by atoms with van der Waals surface area (Å²) in [4.78, 5) is 66.8. The van der Waals surface area contributed by atoms with Crippen LogP contribution in [0.4, 0.5) is 0 Å². The quantitative estimate of drug-likeness (QED) is 0.0486. The van der Waals surface area contributed by atoms with Crippen LogP contribution in [0.15, 0.2) is 0 Å². The molecule has 0 radical (unpaired) electrons. The van der Waals surface area contributed by atoms with Crippen molar-refractivity contribution in [1.82, 2.24) is 10.2 Å². The van der Waals surface area contributed by atoms with E-state index in [0.717, 1.165) is 31.8 Å². The number of nitrogens with zero attached hydrogens (tertiary/aromatic N) is 1. The van der Waals surface area contributed by atoms with Gasteiger partial charge in [-0.1, -0.05) is 6.42 Å². The Bertz CT molecular complexity index is 775. The van der Waals surface area contributed by atoms with Crippen molar-refractivity contribution < 1.29 is 105 Å². The summed E-state index contributed by atoms with van der Waals surface area (Å²) < 4.78 is 18.8. The maximum absolute atomic E-state index is 12.0. The van der Waals surface area contributed by atoms with Gasteiger partial charge in [-0.05, 0) is 71.8 Å². The van der Waals surface area contributed by atoms with Crippen molar-refractivity contribution in [3.8, 4) is 0 Å². The molecule has 0 saturated heterocycles. The third kappa shape index (κ3) is 28.7. The Kier molecular flexibility index (Phi) is 31.8. The van der Waals surface area contributed by atoms with E-state index in [2.05, 4.69) is 10.1 Å². The van der Waals surface area contributed by atoms with Crippen LogP contribution < -0.4 is 56.7 Å². The molecule has 2 saturated carbocycles. The van der Waals surface area contributed by atoms with Gasteiger partial charge in [-0.25, -0.2) is 0 Å². The van der Waals surface area contributed by atoms with E-state index in [1.807, 2.05) is 6.92 Å². The molecule has 0 atom stereocenters. The number of ether oxygens (including phenoxy) is 4.